The van der Waals surface area contributed by atoms with Gasteiger partial charge in [-0.05, 0) is 29.8 Å². The standard InChI is InChI=1S/C15H12Cl2O4/c1-20-14-12(17)7-6-11(16)13(14)15(19)21-10-4-2-9(8-18)3-5-10/h2-7,18H,8H2,1H3. The van der Waals surface area contributed by atoms with Gasteiger partial charge in [-0.2, -0.15) is 0 Å². The fraction of sp³-hybridized carbons (Fsp3) is 0.133. The molecule has 21 heavy (non-hydrogen) atoms. The molecule has 0 saturated heterocycles. The van der Waals surface area contributed by atoms with Crippen LogP contribution < -0.4 is 9.47 Å². The highest BCUT2D eigenvalue weighted by Gasteiger charge is 2.21. The molecule has 0 atom stereocenters. The third kappa shape index (κ3) is 3.47. The van der Waals surface area contributed by atoms with Crippen LogP contribution in [0.3, 0.4) is 0 Å². The van der Waals surface area contributed by atoms with Gasteiger partial charge in [-0.1, -0.05) is 35.3 Å². The summed E-state index contributed by atoms with van der Waals surface area (Å²) in [4.78, 5) is 12.2. The average Bonchev–Trinajstić information content (AvgIpc) is 2.49. The van der Waals surface area contributed by atoms with Crippen LogP contribution in [0, 0.1) is 0 Å². The highest BCUT2D eigenvalue weighted by atomic mass is 35.5. The number of carbonyl (C=O) groups excluding carboxylic acids is 1. The van der Waals surface area contributed by atoms with Gasteiger partial charge in [0.15, 0.2) is 5.75 Å². The average molecular weight is 327 g/mol. The normalized spacial score (nSPS) is 10.3. The maximum absolute atomic E-state index is 12.2. The molecule has 0 amide bonds. The molecule has 0 radical (unpaired) electrons. The van der Waals surface area contributed by atoms with Crippen LogP contribution in [0.25, 0.3) is 0 Å². The lowest BCUT2D eigenvalue weighted by atomic mass is 10.2. The molecule has 6 heteroatoms. The predicted octanol–water partition coefficient (Wildman–Crippen LogP) is 3.71. The number of methoxy groups -OCH3 is 1. The molecule has 0 unspecified atom stereocenters. The first-order valence-corrected chi connectivity index (χ1v) is 6.76. The summed E-state index contributed by atoms with van der Waals surface area (Å²) in [5.41, 5.74) is 0.783. The fourth-order valence-corrected chi connectivity index (χ4v) is 2.20. The molecule has 2 aromatic rings. The number of carbonyl (C=O) groups is 1. The maximum atomic E-state index is 12.2. The Kier molecular flexibility index (Phi) is 5.07. The number of halogens is 2. The molecule has 0 saturated carbocycles. The molecular weight excluding hydrogens is 315 g/mol. The topological polar surface area (TPSA) is 55.8 Å². The maximum Gasteiger partial charge on any atom is 0.348 e. The van der Waals surface area contributed by atoms with Crippen molar-refractivity contribution in [3.05, 3.63) is 57.6 Å². The predicted molar refractivity (Wildman–Crippen MR) is 80.3 cm³/mol. The zero-order valence-electron chi connectivity index (χ0n) is 11.1. The van der Waals surface area contributed by atoms with Crippen molar-refractivity contribution >= 4 is 29.2 Å². The third-order valence-corrected chi connectivity index (χ3v) is 3.40. The van der Waals surface area contributed by atoms with Crippen LogP contribution in [0.4, 0.5) is 0 Å². The summed E-state index contributed by atoms with van der Waals surface area (Å²) in [7, 11) is 1.39. The lowest BCUT2D eigenvalue weighted by molar-refractivity contribution is 0.0731. The van der Waals surface area contributed by atoms with E-state index >= 15 is 0 Å². The van der Waals surface area contributed by atoms with Crippen LogP contribution in [-0.4, -0.2) is 18.2 Å². The molecule has 2 aromatic carbocycles. The van der Waals surface area contributed by atoms with Gasteiger partial charge in [-0.3, -0.25) is 0 Å². The second-order valence-electron chi connectivity index (χ2n) is 4.13. The minimum absolute atomic E-state index is 0.0675. The molecule has 0 spiro atoms. The van der Waals surface area contributed by atoms with Crippen molar-refractivity contribution in [1.29, 1.82) is 0 Å². The number of benzene rings is 2. The molecule has 0 aromatic heterocycles. The minimum atomic E-state index is -0.670. The summed E-state index contributed by atoms with van der Waals surface area (Å²) in [5.74, 6) is -0.174. The van der Waals surface area contributed by atoms with Crippen molar-refractivity contribution in [3.63, 3.8) is 0 Å². The fourth-order valence-electron chi connectivity index (χ4n) is 1.74. The second kappa shape index (κ2) is 6.80. The lowest BCUT2D eigenvalue weighted by Crippen LogP contribution is -2.11. The van der Waals surface area contributed by atoms with Gasteiger partial charge in [0.1, 0.15) is 11.3 Å². The van der Waals surface area contributed by atoms with Crippen LogP contribution in [0.15, 0.2) is 36.4 Å². The SMILES string of the molecule is COc1c(Cl)ccc(Cl)c1C(=O)Oc1ccc(CO)cc1. The molecule has 0 aliphatic rings. The van der Waals surface area contributed by atoms with Gasteiger partial charge >= 0.3 is 5.97 Å². The molecule has 1 N–H and O–H groups in total. The van der Waals surface area contributed by atoms with Crippen molar-refractivity contribution in [2.45, 2.75) is 6.61 Å². The molecule has 2 rings (SSSR count). The minimum Gasteiger partial charge on any atom is -0.494 e. The van der Waals surface area contributed by atoms with Gasteiger partial charge in [0.25, 0.3) is 0 Å². The number of aliphatic hydroxyl groups excluding tert-OH is 1. The summed E-state index contributed by atoms with van der Waals surface area (Å²) in [6.07, 6.45) is 0. The summed E-state index contributed by atoms with van der Waals surface area (Å²) < 4.78 is 10.3. The van der Waals surface area contributed by atoms with E-state index in [2.05, 4.69) is 0 Å². The van der Waals surface area contributed by atoms with Crippen molar-refractivity contribution in [1.82, 2.24) is 0 Å². The molecule has 0 aliphatic carbocycles. The summed E-state index contributed by atoms with van der Waals surface area (Å²) in [6, 6.07) is 9.50. The zero-order valence-corrected chi connectivity index (χ0v) is 12.6. The van der Waals surface area contributed by atoms with Gasteiger partial charge in [-0.15, -0.1) is 0 Å². The van der Waals surface area contributed by atoms with Crippen LogP contribution in [0.2, 0.25) is 10.0 Å². The van der Waals surface area contributed by atoms with Crippen LogP contribution in [-0.2, 0) is 6.61 Å². The number of ether oxygens (including phenoxy) is 2. The Labute approximate surface area is 131 Å². The Balaban J connectivity index is 2.29. The third-order valence-electron chi connectivity index (χ3n) is 2.78. The Morgan fingerprint density at radius 3 is 2.29 bits per heavy atom. The van der Waals surface area contributed by atoms with Crippen molar-refractivity contribution in [2.24, 2.45) is 0 Å². The summed E-state index contributed by atoms with van der Waals surface area (Å²) >= 11 is 12.0. The van der Waals surface area contributed by atoms with Crippen molar-refractivity contribution in [2.75, 3.05) is 7.11 Å². The van der Waals surface area contributed by atoms with E-state index < -0.39 is 5.97 Å². The molecule has 0 bridgehead atoms. The Bertz CT molecular complexity index is 653. The number of esters is 1. The molecule has 0 aliphatic heterocycles. The van der Waals surface area contributed by atoms with Crippen LogP contribution >= 0.6 is 23.2 Å². The second-order valence-corrected chi connectivity index (χ2v) is 4.94. The van der Waals surface area contributed by atoms with Crippen LogP contribution in [0.5, 0.6) is 11.5 Å². The number of hydrogen-bond acceptors (Lipinski definition) is 4. The number of rotatable bonds is 4. The lowest BCUT2D eigenvalue weighted by Gasteiger charge is -2.11. The van der Waals surface area contributed by atoms with E-state index in [4.69, 9.17) is 37.8 Å². The highest BCUT2D eigenvalue weighted by molar-refractivity contribution is 6.37. The molecule has 110 valence electrons. The van der Waals surface area contributed by atoms with Gasteiger partial charge in [0, 0.05) is 0 Å². The van der Waals surface area contributed by atoms with Gasteiger partial charge in [0.2, 0.25) is 0 Å². The Morgan fingerprint density at radius 1 is 1.10 bits per heavy atom. The van der Waals surface area contributed by atoms with Gasteiger partial charge < -0.3 is 14.6 Å². The largest absolute Gasteiger partial charge is 0.494 e. The first-order chi connectivity index (χ1) is 10.1. The smallest absolute Gasteiger partial charge is 0.348 e. The van der Waals surface area contributed by atoms with Crippen molar-refractivity contribution in [3.8, 4) is 11.5 Å². The van der Waals surface area contributed by atoms with E-state index in [9.17, 15) is 4.79 Å². The quantitative estimate of drug-likeness (QED) is 0.687. The highest BCUT2D eigenvalue weighted by Crippen LogP contribution is 2.34. The number of hydrogen-bond donors (Lipinski definition) is 1. The van der Waals surface area contributed by atoms with Crippen LogP contribution in [0.1, 0.15) is 15.9 Å². The zero-order chi connectivity index (χ0) is 15.4. The van der Waals surface area contributed by atoms with Crippen molar-refractivity contribution < 1.29 is 19.4 Å². The summed E-state index contributed by atoms with van der Waals surface area (Å²) in [5, 5.41) is 9.42. The Hall–Kier alpha value is -1.75. The van der Waals surface area contributed by atoms with E-state index in [0.29, 0.717) is 11.3 Å². The molecular formula is C15H12Cl2O4. The van der Waals surface area contributed by atoms with E-state index in [-0.39, 0.29) is 28.0 Å². The van der Waals surface area contributed by atoms with E-state index in [0.717, 1.165) is 0 Å². The molecule has 0 fully saturated rings. The molecule has 0 heterocycles. The van der Waals surface area contributed by atoms with E-state index in [1.807, 2.05) is 0 Å². The first kappa shape index (κ1) is 15.6. The van der Waals surface area contributed by atoms with Gasteiger partial charge in [0.05, 0.1) is 23.8 Å². The monoisotopic (exact) mass is 326 g/mol. The Morgan fingerprint density at radius 2 is 1.71 bits per heavy atom. The number of aliphatic hydroxyl groups is 1. The molecule has 4 nitrogen and oxygen atoms in total. The first-order valence-electron chi connectivity index (χ1n) is 6.00. The van der Waals surface area contributed by atoms with Gasteiger partial charge in [-0.25, -0.2) is 4.79 Å². The summed E-state index contributed by atoms with van der Waals surface area (Å²) in [6.45, 7) is -0.0812. The van der Waals surface area contributed by atoms with E-state index in [1.165, 1.54) is 19.2 Å². The van der Waals surface area contributed by atoms with E-state index in [1.54, 1.807) is 24.3 Å².